The number of ether oxygens (including phenoxy) is 1. The summed E-state index contributed by atoms with van der Waals surface area (Å²) in [5.41, 5.74) is 12.4. The van der Waals surface area contributed by atoms with Gasteiger partial charge in [0.05, 0.1) is 6.61 Å². The molecule has 0 aliphatic carbocycles. The van der Waals surface area contributed by atoms with E-state index >= 15 is 0 Å². The van der Waals surface area contributed by atoms with Crippen molar-refractivity contribution in [3.63, 3.8) is 0 Å². The van der Waals surface area contributed by atoms with Crippen molar-refractivity contribution < 1.29 is 4.74 Å². The van der Waals surface area contributed by atoms with Crippen molar-refractivity contribution in [2.75, 3.05) is 19.7 Å². The third-order valence-electron chi connectivity index (χ3n) is 2.23. The van der Waals surface area contributed by atoms with Crippen molar-refractivity contribution in [2.45, 2.75) is 12.8 Å². The highest BCUT2D eigenvalue weighted by molar-refractivity contribution is 5.36. The van der Waals surface area contributed by atoms with Gasteiger partial charge < -0.3 is 16.2 Å². The van der Waals surface area contributed by atoms with Crippen LogP contribution in [0, 0.1) is 0 Å². The van der Waals surface area contributed by atoms with Crippen molar-refractivity contribution in [2.24, 2.45) is 11.5 Å². The largest absolute Gasteiger partial charge is 0.494 e. The first-order valence-corrected chi connectivity index (χ1v) is 4.95. The quantitative estimate of drug-likeness (QED) is 0.737. The molecule has 0 spiro atoms. The zero-order chi connectivity index (χ0) is 10.4. The number of benzene rings is 1. The van der Waals surface area contributed by atoms with Gasteiger partial charge in [-0.05, 0) is 18.6 Å². The average Bonchev–Trinajstić information content (AvgIpc) is 2.23. The molecule has 0 aliphatic heterocycles. The highest BCUT2D eigenvalue weighted by atomic mass is 16.5. The molecule has 0 saturated carbocycles. The SMILES string of the molecule is CCOc1ccccc1C(CN)CN. The summed E-state index contributed by atoms with van der Waals surface area (Å²) >= 11 is 0. The minimum Gasteiger partial charge on any atom is -0.494 e. The second kappa shape index (κ2) is 5.62. The molecule has 14 heavy (non-hydrogen) atoms. The van der Waals surface area contributed by atoms with E-state index in [0.29, 0.717) is 19.7 Å². The topological polar surface area (TPSA) is 61.3 Å². The van der Waals surface area contributed by atoms with Gasteiger partial charge in [-0.15, -0.1) is 0 Å². The maximum atomic E-state index is 5.64. The summed E-state index contributed by atoms with van der Waals surface area (Å²) in [7, 11) is 0. The van der Waals surface area contributed by atoms with E-state index in [1.807, 2.05) is 31.2 Å². The van der Waals surface area contributed by atoms with E-state index in [1.54, 1.807) is 0 Å². The summed E-state index contributed by atoms with van der Waals surface area (Å²) < 4.78 is 5.51. The van der Waals surface area contributed by atoms with Crippen LogP contribution in [0.3, 0.4) is 0 Å². The van der Waals surface area contributed by atoms with E-state index < -0.39 is 0 Å². The number of hydrogen-bond acceptors (Lipinski definition) is 3. The summed E-state index contributed by atoms with van der Waals surface area (Å²) in [6.07, 6.45) is 0. The molecule has 1 aromatic carbocycles. The predicted molar refractivity (Wildman–Crippen MR) is 58.5 cm³/mol. The summed E-state index contributed by atoms with van der Waals surface area (Å²) in [6.45, 7) is 3.75. The van der Waals surface area contributed by atoms with E-state index in [-0.39, 0.29) is 5.92 Å². The van der Waals surface area contributed by atoms with E-state index in [0.717, 1.165) is 11.3 Å². The lowest BCUT2D eigenvalue weighted by Crippen LogP contribution is -2.21. The average molecular weight is 194 g/mol. The summed E-state index contributed by atoms with van der Waals surface area (Å²) in [5.74, 6) is 1.09. The van der Waals surface area contributed by atoms with Crippen molar-refractivity contribution in [1.82, 2.24) is 0 Å². The van der Waals surface area contributed by atoms with E-state index in [9.17, 15) is 0 Å². The van der Waals surface area contributed by atoms with Crippen molar-refractivity contribution in [3.05, 3.63) is 29.8 Å². The summed E-state index contributed by atoms with van der Waals surface area (Å²) in [6, 6.07) is 7.92. The molecule has 0 fully saturated rings. The molecule has 1 rings (SSSR count). The number of hydrogen-bond donors (Lipinski definition) is 2. The van der Waals surface area contributed by atoms with Gasteiger partial charge in [0.1, 0.15) is 5.75 Å². The van der Waals surface area contributed by atoms with Gasteiger partial charge in [-0.2, -0.15) is 0 Å². The van der Waals surface area contributed by atoms with Crippen LogP contribution < -0.4 is 16.2 Å². The van der Waals surface area contributed by atoms with Gasteiger partial charge in [0.15, 0.2) is 0 Å². The second-order valence-electron chi connectivity index (χ2n) is 3.14. The fourth-order valence-corrected chi connectivity index (χ4v) is 1.45. The van der Waals surface area contributed by atoms with Crippen LogP contribution in [0.25, 0.3) is 0 Å². The van der Waals surface area contributed by atoms with Gasteiger partial charge in [0.25, 0.3) is 0 Å². The second-order valence-corrected chi connectivity index (χ2v) is 3.14. The van der Waals surface area contributed by atoms with Crippen LogP contribution in [0.5, 0.6) is 5.75 Å². The molecule has 0 aromatic heterocycles. The number of rotatable bonds is 5. The van der Waals surface area contributed by atoms with Gasteiger partial charge in [0, 0.05) is 19.0 Å². The molecule has 3 nitrogen and oxygen atoms in total. The van der Waals surface area contributed by atoms with Crippen LogP contribution in [-0.4, -0.2) is 19.7 Å². The molecule has 4 N–H and O–H groups in total. The van der Waals surface area contributed by atoms with Crippen LogP contribution in [0.1, 0.15) is 18.4 Å². The van der Waals surface area contributed by atoms with Crippen LogP contribution in [0.15, 0.2) is 24.3 Å². The molecule has 0 saturated heterocycles. The lowest BCUT2D eigenvalue weighted by atomic mass is 9.98. The smallest absolute Gasteiger partial charge is 0.122 e. The van der Waals surface area contributed by atoms with Gasteiger partial charge in [-0.1, -0.05) is 18.2 Å². The monoisotopic (exact) mass is 194 g/mol. The van der Waals surface area contributed by atoms with E-state index in [4.69, 9.17) is 16.2 Å². The van der Waals surface area contributed by atoms with Gasteiger partial charge in [-0.3, -0.25) is 0 Å². The molecule has 78 valence electrons. The fraction of sp³-hybridized carbons (Fsp3) is 0.455. The molecule has 0 bridgehead atoms. The highest BCUT2D eigenvalue weighted by Gasteiger charge is 2.12. The molecule has 1 aromatic rings. The van der Waals surface area contributed by atoms with Crippen molar-refractivity contribution in [3.8, 4) is 5.75 Å². The summed E-state index contributed by atoms with van der Waals surface area (Å²) in [4.78, 5) is 0. The molecule has 0 heterocycles. The first-order valence-electron chi connectivity index (χ1n) is 4.95. The lowest BCUT2D eigenvalue weighted by Gasteiger charge is -2.16. The molecular weight excluding hydrogens is 176 g/mol. The molecular formula is C11H18N2O. The molecule has 0 amide bonds. The first-order chi connectivity index (χ1) is 6.83. The Morgan fingerprint density at radius 1 is 1.21 bits per heavy atom. The lowest BCUT2D eigenvalue weighted by molar-refractivity contribution is 0.334. The van der Waals surface area contributed by atoms with Crippen LogP contribution in [0.2, 0.25) is 0 Å². The van der Waals surface area contributed by atoms with Gasteiger partial charge in [0.2, 0.25) is 0 Å². The zero-order valence-electron chi connectivity index (χ0n) is 8.57. The van der Waals surface area contributed by atoms with Crippen LogP contribution in [0.4, 0.5) is 0 Å². The fourth-order valence-electron chi connectivity index (χ4n) is 1.45. The van der Waals surface area contributed by atoms with E-state index in [2.05, 4.69) is 0 Å². The number of para-hydroxylation sites is 1. The maximum Gasteiger partial charge on any atom is 0.122 e. The Morgan fingerprint density at radius 2 is 1.86 bits per heavy atom. The van der Waals surface area contributed by atoms with E-state index in [1.165, 1.54) is 0 Å². The Labute approximate surface area is 85.0 Å². The maximum absolute atomic E-state index is 5.64. The molecule has 0 radical (unpaired) electrons. The Kier molecular flexibility index (Phi) is 4.43. The van der Waals surface area contributed by atoms with Gasteiger partial charge in [-0.25, -0.2) is 0 Å². The minimum absolute atomic E-state index is 0.192. The predicted octanol–water partition coefficient (Wildman–Crippen LogP) is 1.09. The third-order valence-corrected chi connectivity index (χ3v) is 2.23. The molecule has 0 unspecified atom stereocenters. The number of nitrogens with two attached hydrogens (primary N) is 2. The van der Waals surface area contributed by atoms with Crippen LogP contribution in [-0.2, 0) is 0 Å². The normalized spacial score (nSPS) is 10.6. The Morgan fingerprint density at radius 3 is 2.43 bits per heavy atom. The third kappa shape index (κ3) is 2.47. The molecule has 0 aliphatic rings. The molecule has 0 atom stereocenters. The van der Waals surface area contributed by atoms with Crippen molar-refractivity contribution >= 4 is 0 Å². The highest BCUT2D eigenvalue weighted by Crippen LogP contribution is 2.25. The molecule has 3 heteroatoms. The minimum atomic E-state index is 0.192. The standard InChI is InChI=1S/C11H18N2O/c1-2-14-11-6-4-3-5-10(11)9(7-12)8-13/h3-6,9H,2,7-8,12-13H2,1H3. The van der Waals surface area contributed by atoms with Crippen molar-refractivity contribution in [1.29, 1.82) is 0 Å². The first kappa shape index (κ1) is 11.0. The van der Waals surface area contributed by atoms with Gasteiger partial charge >= 0.3 is 0 Å². The zero-order valence-corrected chi connectivity index (χ0v) is 8.57. The Balaban J connectivity index is 2.92. The van der Waals surface area contributed by atoms with Crippen LogP contribution >= 0.6 is 0 Å². The summed E-state index contributed by atoms with van der Waals surface area (Å²) in [5, 5.41) is 0. The Bertz CT molecular complexity index is 272. The Hall–Kier alpha value is -1.06.